The molecular weight excluding hydrogens is 324 g/mol. The number of carbonyl (C=O) groups excluding carboxylic acids is 1. The van der Waals surface area contributed by atoms with E-state index in [0.717, 1.165) is 11.3 Å². The van der Waals surface area contributed by atoms with Crippen molar-refractivity contribution in [1.82, 2.24) is 15.0 Å². The molecule has 0 aliphatic carbocycles. The van der Waals surface area contributed by atoms with Crippen LogP contribution in [0.15, 0.2) is 58.5 Å². The summed E-state index contributed by atoms with van der Waals surface area (Å²) in [5.74, 6) is 4.87. The van der Waals surface area contributed by atoms with Gasteiger partial charge in [-0.2, -0.15) is 0 Å². The van der Waals surface area contributed by atoms with Crippen LogP contribution in [0.3, 0.4) is 0 Å². The fourth-order valence-electron chi connectivity index (χ4n) is 2.41. The second-order valence-electron chi connectivity index (χ2n) is 5.19. The Kier molecular flexibility index (Phi) is 4.64. The summed E-state index contributed by atoms with van der Waals surface area (Å²) < 4.78 is 1.55. The largest absolute Gasteiger partial charge is 0.294 e. The molecule has 7 heteroatoms. The van der Waals surface area contributed by atoms with E-state index in [0.29, 0.717) is 16.1 Å². The van der Waals surface area contributed by atoms with E-state index in [4.69, 9.17) is 5.84 Å². The average molecular weight is 340 g/mol. The number of carbonyl (C=O) groups is 1. The highest BCUT2D eigenvalue weighted by atomic mass is 32.2. The summed E-state index contributed by atoms with van der Waals surface area (Å²) in [6.07, 6.45) is 0. The third-order valence-electron chi connectivity index (χ3n) is 3.59. The first-order chi connectivity index (χ1) is 11.6. The van der Waals surface area contributed by atoms with Gasteiger partial charge in [-0.25, -0.2) is 10.8 Å². The standard InChI is InChI=1S/C17H16N4O2S/c1-11-6-2-5-9-14(11)21-16(23)12-7-3-4-8-13(12)19-17(21)24-10-15(22)20-18/h2-9H,10,18H2,1H3,(H,20,22). The van der Waals surface area contributed by atoms with Gasteiger partial charge in [-0.3, -0.25) is 19.6 Å². The number of rotatable bonds is 4. The Hall–Kier alpha value is -2.64. The van der Waals surface area contributed by atoms with Gasteiger partial charge < -0.3 is 0 Å². The Labute approximate surface area is 142 Å². The molecule has 122 valence electrons. The van der Waals surface area contributed by atoms with Crippen molar-refractivity contribution in [2.75, 3.05) is 5.75 Å². The fourth-order valence-corrected chi connectivity index (χ4v) is 3.22. The third kappa shape index (κ3) is 3.04. The Morgan fingerprint density at radius 2 is 1.92 bits per heavy atom. The lowest BCUT2D eigenvalue weighted by Crippen LogP contribution is -2.32. The number of hydrazine groups is 1. The molecule has 3 N–H and O–H groups in total. The Balaban J connectivity index is 2.24. The zero-order valence-electron chi connectivity index (χ0n) is 13.0. The van der Waals surface area contributed by atoms with Crippen molar-refractivity contribution in [3.05, 3.63) is 64.4 Å². The molecule has 0 aliphatic rings. The second kappa shape index (κ2) is 6.86. The maximum Gasteiger partial charge on any atom is 0.266 e. The minimum Gasteiger partial charge on any atom is -0.294 e. The van der Waals surface area contributed by atoms with Crippen LogP contribution in [0.4, 0.5) is 0 Å². The number of benzene rings is 2. The molecule has 24 heavy (non-hydrogen) atoms. The monoisotopic (exact) mass is 340 g/mol. The molecule has 0 saturated carbocycles. The van der Waals surface area contributed by atoms with Gasteiger partial charge in [0.05, 0.1) is 22.3 Å². The van der Waals surface area contributed by atoms with Crippen molar-refractivity contribution < 1.29 is 4.79 Å². The van der Waals surface area contributed by atoms with Gasteiger partial charge in [0.15, 0.2) is 5.16 Å². The molecule has 3 aromatic rings. The molecule has 2 aromatic carbocycles. The van der Waals surface area contributed by atoms with Gasteiger partial charge in [-0.1, -0.05) is 42.1 Å². The first-order valence-corrected chi connectivity index (χ1v) is 8.30. The minimum absolute atomic E-state index is 0.0765. The van der Waals surface area contributed by atoms with Gasteiger partial charge in [0.25, 0.3) is 5.56 Å². The molecule has 0 saturated heterocycles. The molecule has 3 rings (SSSR count). The lowest BCUT2D eigenvalue weighted by molar-refractivity contribution is -0.118. The number of amides is 1. The fraction of sp³-hybridized carbons (Fsp3) is 0.118. The molecule has 0 bridgehead atoms. The SMILES string of the molecule is Cc1ccccc1-n1c(SCC(=O)NN)nc2ccccc2c1=O. The normalized spacial score (nSPS) is 10.8. The van der Waals surface area contributed by atoms with Crippen molar-refractivity contribution in [2.24, 2.45) is 5.84 Å². The summed E-state index contributed by atoms with van der Waals surface area (Å²) in [5, 5.41) is 0.991. The van der Waals surface area contributed by atoms with E-state index in [1.807, 2.05) is 43.3 Å². The van der Waals surface area contributed by atoms with Crippen LogP contribution in [0, 0.1) is 6.92 Å². The van der Waals surface area contributed by atoms with Crippen molar-refractivity contribution in [3.63, 3.8) is 0 Å². The van der Waals surface area contributed by atoms with E-state index >= 15 is 0 Å². The van der Waals surface area contributed by atoms with Crippen molar-refractivity contribution in [3.8, 4) is 5.69 Å². The Morgan fingerprint density at radius 1 is 1.21 bits per heavy atom. The van der Waals surface area contributed by atoms with Crippen LogP contribution in [0.2, 0.25) is 0 Å². The number of thioether (sulfide) groups is 1. The summed E-state index contributed by atoms with van der Waals surface area (Å²) in [4.78, 5) is 29.0. The highest BCUT2D eigenvalue weighted by molar-refractivity contribution is 7.99. The van der Waals surface area contributed by atoms with Crippen LogP contribution in [0.1, 0.15) is 5.56 Å². The number of nitrogens with one attached hydrogen (secondary N) is 1. The molecule has 6 nitrogen and oxygen atoms in total. The van der Waals surface area contributed by atoms with E-state index in [1.54, 1.807) is 16.7 Å². The van der Waals surface area contributed by atoms with Crippen LogP contribution in [0.25, 0.3) is 16.6 Å². The lowest BCUT2D eigenvalue weighted by atomic mass is 10.2. The zero-order valence-corrected chi connectivity index (χ0v) is 13.8. The Morgan fingerprint density at radius 3 is 2.67 bits per heavy atom. The van der Waals surface area contributed by atoms with Gasteiger partial charge in [-0.05, 0) is 30.7 Å². The molecule has 0 atom stereocenters. The second-order valence-corrected chi connectivity index (χ2v) is 6.14. The molecule has 0 spiro atoms. The average Bonchev–Trinajstić information content (AvgIpc) is 2.61. The van der Waals surface area contributed by atoms with Gasteiger partial charge in [-0.15, -0.1) is 0 Å². The number of aryl methyl sites for hydroxylation is 1. The van der Waals surface area contributed by atoms with Gasteiger partial charge in [0.2, 0.25) is 5.91 Å². The van der Waals surface area contributed by atoms with E-state index in [1.165, 1.54) is 11.8 Å². The number of aromatic nitrogens is 2. The molecule has 0 aliphatic heterocycles. The third-order valence-corrected chi connectivity index (χ3v) is 4.53. The van der Waals surface area contributed by atoms with Gasteiger partial charge in [0, 0.05) is 0 Å². The first-order valence-electron chi connectivity index (χ1n) is 7.32. The number of fused-ring (bicyclic) bond motifs is 1. The van der Waals surface area contributed by atoms with E-state index < -0.39 is 0 Å². The van der Waals surface area contributed by atoms with Crippen LogP contribution >= 0.6 is 11.8 Å². The molecule has 0 unspecified atom stereocenters. The summed E-state index contributed by atoms with van der Waals surface area (Å²) in [6.45, 7) is 1.93. The quantitative estimate of drug-likeness (QED) is 0.248. The van der Waals surface area contributed by atoms with Crippen molar-refractivity contribution >= 4 is 28.6 Å². The van der Waals surface area contributed by atoms with Crippen LogP contribution < -0.4 is 16.8 Å². The summed E-state index contributed by atoms with van der Waals surface area (Å²) in [6, 6.07) is 14.7. The summed E-state index contributed by atoms with van der Waals surface area (Å²) >= 11 is 1.17. The molecular formula is C17H16N4O2S. The summed E-state index contributed by atoms with van der Waals surface area (Å²) in [7, 11) is 0. The van der Waals surface area contributed by atoms with Crippen LogP contribution in [-0.2, 0) is 4.79 Å². The molecule has 0 fully saturated rings. The molecule has 0 radical (unpaired) electrons. The zero-order chi connectivity index (χ0) is 17.1. The summed E-state index contributed by atoms with van der Waals surface area (Å²) in [5.41, 5.74) is 4.21. The highest BCUT2D eigenvalue weighted by Gasteiger charge is 2.15. The van der Waals surface area contributed by atoms with E-state index in [2.05, 4.69) is 10.4 Å². The maximum absolute atomic E-state index is 13.0. The lowest BCUT2D eigenvalue weighted by Gasteiger charge is -2.14. The number of hydrogen-bond acceptors (Lipinski definition) is 5. The van der Waals surface area contributed by atoms with Crippen molar-refractivity contribution in [2.45, 2.75) is 12.1 Å². The topological polar surface area (TPSA) is 90.0 Å². The van der Waals surface area contributed by atoms with Crippen LogP contribution in [-0.4, -0.2) is 21.2 Å². The van der Waals surface area contributed by atoms with E-state index in [-0.39, 0.29) is 17.2 Å². The molecule has 1 aromatic heterocycles. The van der Waals surface area contributed by atoms with Gasteiger partial charge in [0.1, 0.15) is 0 Å². The predicted octanol–water partition coefficient (Wildman–Crippen LogP) is 1.78. The Bertz CT molecular complexity index is 968. The minimum atomic E-state index is -0.334. The first kappa shape index (κ1) is 16.2. The van der Waals surface area contributed by atoms with Gasteiger partial charge >= 0.3 is 0 Å². The number of nitrogens with zero attached hydrogens (tertiary/aromatic N) is 2. The van der Waals surface area contributed by atoms with Crippen LogP contribution in [0.5, 0.6) is 0 Å². The molecule has 1 heterocycles. The predicted molar refractivity (Wildman–Crippen MR) is 95.1 cm³/mol. The maximum atomic E-state index is 13.0. The smallest absolute Gasteiger partial charge is 0.266 e. The number of para-hydroxylation sites is 2. The van der Waals surface area contributed by atoms with Crippen molar-refractivity contribution in [1.29, 1.82) is 0 Å². The number of nitrogens with two attached hydrogens (primary N) is 1. The number of hydrogen-bond donors (Lipinski definition) is 2. The molecule has 1 amide bonds. The van der Waals surface area contributed by atoms with E-state index in [9.17, 15) is 9.59 Å². The highest BCUT2D eigenvalue weighted by Crippen LogP contribution is 2.22.